The molecule has 0 atom stereocenters. The van der Waals surface area contributed by atoms with E-state index in [2.05, 4.69) is 22.3 Å². The van der Waals surface area contributed by atoms with Gasteiger partial charge in [-0.2, -0.15) is 0 Å². The van der Waals surface area contributed by atoms with Crippen molar-refractivity contribution >= 4 is 29.1 Å². The van der Waals surface area contributed by atoms with Crippen molar-refractivity contribution in [1.82, 2.24) is 14.9 Å². The quantitative estimate of drug-likeness (QED) is 0.810. The van der Waals surface area contributed by atoms with E-state index in [1.54, 1.807) is 9.69 Å². The van der Waals surface area contributed by atoms with Crippen LogP contribution in [-0.2, 0) is 22.4 Å². The second-order valence-corrected chi connectivity index (χ2v) is 7.74. The van der Waals surface area contributed by atoms with Gasteiger partial charge in [0.15, 0.2) is 5.78 Å². The molecule has 6 nitrogen and oxygen atoms in total. The van der Waals surface area contributed by atoms with Gasteiger partial charge in [-0.1, -0.05) is 26.0 Å². The van der Waals surface area contributed by atoms with E-state index in [0.717, 1.165) is 18.4 Å². The van der Waals surface area contributed by atoms with E-state index >= 15 is 0 Å². The zero-order valence-corrected chi connectivity index (χ0v) is 16.4. The fourth-order valence-corrected chi connectivity index (χ4v) is 4.70. The van der Waals surface area contributed by atoms with Crippen molar-refractivity contribution in [3.05, 3.63) is 46.1 Å². The summed E-state index contributed by atoms with van der Waals surface area (Å²) in [7, 11) is 0. The summed E-state index contributed by atoms with van der Waals surface area (Å²) in [6.07, 6.45) is 6.76. The normalized spacial score (nSPS) is 16.1. The summed E-state index contributed by atoms with van der Waals surface area (Å²) in [6.45, 7) is 3.66. The van der Waals surface area contributed by atoms with Crippen LogP contribution in [0.3, 0.4) is 0 Å². The Morgan fingerprint density at radius 2 is 1.89 bits per heavy atom. The number of amides is 1. The third kappa shape index (κ3) is 3.10. The lowest BCUT2D eigenvalue weighted by Crippen LogP contribution is -2.41. The maximum atomic E-state index is 12.9. The van der Waals surface area contributed by atoms with Crippen LogP contribution in [0.4, 0.5) is 0 Å². The molecule has 1 aromatic heterocycles. The molecule has 0 bridgehead atoms. The first-order chi connectivity index (χ1) is 13.1. The van der Waals surface area contributed by atoms with Gasteiger partial charge in [0.2, 0.25) is 11.1 Å². The molecule has 1 amide bonds. The first-order valence-electron chi connectivity index (χ1n) is 9.44. The van der Waals surface area contributed by atoms with Crippen molar-refractivity contribution in [2.24, 2.45) is 0 Å². The minimum Gasteiger partial charge on any atom is -0.294 e. The molecule has 1 aliphatic heterocycles. The standard InChI is InChI=1S/C20H22N4O2S/c1-3-16(25)19-18(15-10-9-13-7-5-6-8-14(13)11-15)24(17(26)4-2)23-12-21-22-20(23)27-19/h9-12H,3-8H2,1-2H3. The molecule has 2 heterocycles. The van der Waals surface area contributed by atoms with Gasteiger partial charge in [-0.3, -0.25) is 9.59 Å². The zero-order valence-electron chi connectivity index (χ0n) is 15.6. The predicted octanol–water partition coefficient (Wildman–Crippen LogP) is 3.49. The lowest BCUT2D eigenvalue weighted by molar-refractivity contribution is -0.119. The molecule has 7 heteroatoms. The van der Waals surface area contributed by atoms with Gasteiger partial charge < -0.3 is 0 Å². The van der Waals surface area contributed by atoms with Crippen molar-refractivity contribution in [2.45, 2.75) is 57.5 Å². The highest BCUT2D eigenvalue weighted by atomic mass is 32.2. The summed E-state index contributed by atoms with van der Waals surface area (Å²) in [5.74, 6) is -0.0821. The number of hydrogen-bond donors (Lipinski definition) is 0. The van der Waals surface area contributed by atoms with E-state index in [9.17, 15) is 9.59 Å². The topological polar surface area (TPSA) is 68.1 Å². The summed E-state index contributed by atoms with van der Waals surface area (Å²) in [4.78, 5) is 26.2. The molecule has 0 radical (unpaired) electrons. The van der Waals surface area contributed by atoms with Crippen LogP contribution in [0, 0.1) is 0 Å². The van der Waals surface area contributed by atoms with Gasteiger partial charge in [0, 0.05) is 18.4 Å². The fourth-order valence-electron chi connectivity index (χ4n) is 3.65. The number of allylic oxidation sites excluding steroid dienone is 1. The smallest absolute Gasteiger partial charge is 0.246 e. The van der Waals surface area contributed by atoms with Gasteiger partial charge in [0.1, 0.15) is 6.33 Å². The number of thioether (sulfide) groups is 1. The van der Waals surface area contributed by atoms with Crippen LogP contribution in [0.15, 0.2) is 34.6 Å². The van der Waals surface area contributed by atoms with Gasteiger partial charge in [-0.15, -0.1) is 10.2 Å². The molecule has 0 unspecified atom stereocenters. The monoisotopic (exact) mass is 382 g/mol. The molecule has 0 saturated heterocycles. The maximum Gasteiger partial charge on any atom is 0.246 e. The minimum atomic E-state index is -0.0922. The number of Topliss-reactive ketones (excluding diaryl/α,β-unsaturated/α-hetero) is 1. The van der Waals surface area contributed by atoms with Gasteiger partial charge in [-0.25, -0.2) is 9.69 Å². The highest BCUT2D eigenvalue weighted by Gasteiger charge is 2.34. The van der Waals surface area contributed by atoms with Crippen molar-refractivity contribution in [3.8, 4) is 0 Å². The highest BCUT2D eigenvalue weighted by molar-refractivity contribution is 8.04. The van der Waals surface area contributed by atoms with E-state index in [-0.39, 0.29) is 11.7 Å². The van der Waals surface area contributed by atoms with E-state index < -0.39 is 0 Å². The molecule has 2 aromatic rings. The number of aromatic nitrogens is 3. The van der Waals surface area contributed by atoms with Crippen LogP contribution in [0.25, 0.3) is 5.70 Å². The zero-order chi connectivity index (χ0) is 19.0. The third-order valence-electron chi connectivity index (χ3n) is 5.07. The first-order valence-corrected chi connectivity index (χ1v) is 10.3. The van der Waals surface area contributed by atoms with Crippen LogP contribution < -0.4 is 5.01 Å². The number of fused-ring (bicyclic) bond motifs is 2. The van der Waals surface area contributed by atoms with Gasteiger partial charge >= 0.3 is 0 Å². The molecule has 0 N–H and O–H groups in total. The Balaban J connectivity index is 1.92. The Morgan fingerprint density at radius 3 is 2.63 bits per heavy atom. The predicted molar refractivity (Wildman–Crippen MR) is 105 cm³/mol. The molecule has 0 fully saturated rings. The number of carbonyl (C=O) groups is 2. The van der Waals surface area contributed by atoms with E-state index in [1.165, 1.54) is 42.1 Å². The molecule has 27 heavy (non-hydrogen) atoms. The Hall–Kier alpha value is -2.41. The molecular weight excluding hydrogens is 360 g/mol. The number of aryl methyl sites for hydroxylation is 2. The van der Waals surface area contributed by atoms with Crippen LogP contribution in [0.1, 0.15) is 56.2 Å². The average Bonchev–Trinajstić information content (AvgIpc) is 3.19. The van der Waals surface area contributed by atoms with Gasteiger partial charge in [0.05, 0.1) is 10.6 Å². The van der Waals surface area contributed by atoms with Crippen LogP contribution in [0.2, 0.25) is 0 Å². The molecular formula is C20H22N4O2S. The molecule has 140 valence electrons. The molecule has 0 spiro atoms. The van der Waals surface area contributed by atoms with E-state index in [0.29, 0.717) is 28.6 Å². The third-order valence-corrected chi connectivity index (χ3v) is 6.15. The summed E-state index contributed by atoms with van der Waals surface area (Å²) < 4.78 is 1.65. The van der Waals surface area contributed by atoms with Crippen LogP contribution in [0.5, 0.6) is 0 Å². The molecule has 2 aliphatic rings. The Morgan fingerprint density at radius 1 is 1.11 bits per heavy atom. The number of hydrogen-bond acceptors (Lipinski definition) is 5. The number of nitrogens with zero attached hydrogens (tertiary/aromatic N) is 4. The average molecular weight is 382 g/mol. The van der Waals surface area contributed by atoms with Crippen LogP contribution in [-0.4, -0.2) is 26.6 Å². The lowest BCUT2D eigenvalue weighted by atomic mass is 9.89. The summed E-state index contributed by atoms with van der Waals surface area (Å²) in [5.41, 5.74) is 4.24. The van der Waals surface area contributed by atoms with E-state index in [4.69, 9.17) is 0 Å². The second-order valence-electron chi connectivity index (χ2n) is 6.76. The number of ketones is 1. The van der Waals surface area contributed by atoms with Gasteiger partial charge in [-0.05, 0) is 54.6 Å². The molecule has 4 rings (SSSR count). The first kappa shape index (κ1) is 18.0. The molecule has 1 aromatic carbocycles. The highest BCUT2D eigenvalue weighted by Crippen LogP contribution is 2.40. The molecule has 0 saturated carbocycles. The second kappa shape index (κ2) is 7.31. The van der Waals surface area contributed by atoms with E-state index in [1.807, 2.05) is 19.9 Å². The number of rotatable bonds is 4. The van der Waals surface area contributed by atoms with Crippen molar-refractivity contribution < 1.29 is 9.59 Å². The Labute approximate surface area is 162 Å². The summed E-state index contributed by atoms with van der Waals surface area (Å²) >= 11 is 1.29. The SMILES string of the molecule is CCC(=O)C1=C(c2ccc3c(c2)CCCC3)N(C(=O)CC)n2cnnc2S1. The minimum absolute atomic E-state index is 0.0101. The van der Waals surface area contributed by atoms with Crippen molar-refractivity contribution in [1.29, 1.82) is 0 Å². The summed E-state index contributed by atoms with van der Waals surface area (Å²) in [6, 6.07) is 6.33. The largest absolute Gasteiger partial charge is 0.294 e. The lowest BCUT2D eigenvalue weighted by Gasteiger charge is -2.32. The maximum absolute atomic E-state index is 12.9. The number of benzene rings is 1. The Bertz CT molecular complexity index is 947. The number of carbonyl (C=O) groups excluding carboxylic acids is 2. The Kier molecular flexibility index (Phi) is 4.86. The fraction of sp³-hybridized carbons (Fsp3) is 0.400. The molecule has 1 aliphatic carbocycles. The van der Waals surface area contributed by atoms with Crippen molar-refractivity contribution in [3.63, 3.8) is 0 Å². The van der Waals surface area contributed by atoms with Crippen LogP contribution >= 0.6 is 11.8 Å². The summed E-state index contributed by atoms with van der Waals surface area (Å²) in [5, 5.41) is 10.1. The van der Waals surface area contributed by atoms with Gasteiger partial charge in [0.25, 0.3) is 0 Å². The van der Waals surface area contributed by atoms with Crippen molar-refractivity contribution in [2.75, 3.05) is 5.01 Å².